The van der Waals surface area contributed by atoms with E-state index < -0.39 is 5.54 Å². The van der Waals surface area contributed by atoms with E-state index in [-0.39, 0.29) is 25.0 Å². The molecule has 17 heavy (non-hydrogen) atoms. The highest BCUT2D eigenvalue weighted by Gasteiger charge is 2.55. The van der Waals surface area contributed by atoms with Crippen LogP contribution in [0.25, 0.3) is 0 Å². The van der Waals surface area contributed by atoms with Gasteiger partial charge < -0.3 is 15.5 Å². The van der Waals surface area contributed by atoms with Gasteiger partial charge in [0.1, 0.15) is 0 Å². The third-order valence-electron chi connectivity index (χ3n) is 4.63. The van der Waals surface area contributed by atoms with Gasteiger partial charge in [-0.1, -0.05) is 19.8 Å². The topological polar surface area (TPSA) is 69.6 Å². The molecule has 2 unspecified atom stereocenters. The molecule has 0 saturated heterocycles. The Kier molecular flexibility index (Phi) is 3.73. The zero-order valence-corrected chi connectivity index (χ0v) is 10.5. The standard InChI is InChI=1S/C13H23NO3/c1-2-13(7-15,8-16)14-12(17)11-9-5-3-4-6-10(9)11/h9-11,15-16H,2-8H2,1H3,(H,14,17). The molecular weight excluding hydrogens is 218 g/mol. The first-order valence-electron chi connectivity index (χ1n) is 6.71. The van der Waals surface area contributed by atoms with Gasteiger partial charge in [-0.05, 0) is 31.1 Å². The van der Waals surface area contributed by atoms with Crippen LogP contribution in [0.5, 0.6) is 0 Å². The lowest BCUT2D eigenvalue weighted by Crippen LogP contribution is -2.54. The van der Waals surface area contributed by atoms with Crippen molar-refractivity contribution in [1.29, 1.82) is 0 Å². The minimum Gasteiger partial charge on any atom is -0.394 e. The number of nitrogens with one attached hydrogen (secondary N) is 1. The summed E-state index contributed by atoms with van der Waals surface area (Å²) in [6.07, 6.45) is 5.36. The Morgan fingerprint density at radius 1 is 1.24 bits per heavy atom. The molecule has 0 bridgehead atoms. The second kappa shape index (κ2) is 4.94. The van der Waals surface area contributed by atoms with Crippen LogP contribution in [-0.2, 0) is 4.79 Å². The van der Waals surface area contributed by atoms with Crippen molar-refractivity contribution in [3.63, 3.8) is 0 Å². The van der Waals surface area contributed by atoms with Crippen LogP contribution >= 0.6 is 0 Å². The minimum atomic E-state index is -0.831. The molecule has 2 aliphatic carbocycles. The van der Waals surface area contributed by atoms with Crippen molar-refractivity contribution in [3.05, 3.63) is 0 Å². The van der Waals surface area contributed by atoms with Gasteiger partial charge in [0.25, 0.3) is 0 Å². The van der Waals surface area contributed by atoms with Crippen molar-refractivity contribution in [2.45, 2.75) is 44.6 Å². The van der Waals surface area contributed by atoms with E-state index in [1.807, 2.05) is 6.92 Å². The Morgan fingerprint density at radius 3 is 2.18 bits per heavy atom. The molecule has 0 aromatic carbocycles. The van der Waals surface area contributed by atoms with Gasteiger partial charge in [0.2, 0.25) is 5.91 Å². The molecule has 2 fully saturated rings. The average molecular weight is 241 g/mol. The van der Waals surface area contributed by atoms with Crippen LogP contribution in [-0.4, -0.2) is 34.9 Å². The van der Waals surface area contributed by atoms with Crippen LogP contribution in [0.1, 0.15) is 39.0 Å². The summed E-state index contributed by atoms with van der Waals surface area (Å²) < 4.78 is 0. The fraction of sp³-hybridized carbons (Fsp3) is 0.923. The molecular formula is C13H23NO3. The van der Waals surface area contributed by atoms with E-state index in [0.29, 0.717) is 18.3 Å². The van der Waals surface area contributed by atoms with Gasteiger partial charge in [-0.15, -0.1) is 0 Å². The molecule has 0 spiro atoms. The summed E-state index contributed by atoms with van der Waals surface area (Å²) in [7, 11) is 0. The van der Waals surface area contributed by atoms with Crippen molar-refractivity contribution < 1.29 is 15.0 Å². The summed E-state index contributed by atoms with van der Waals surface area (Å²) >= 11 is 0. The Bertz CT molecular complexity index is 268. The molecule has 98 valence electrons. The summed E-state index contributed by atoms with van der Waals surface area (Å²) in [4.78, 5) is 12.1. The fourth-order valence-corrected chi connectivity index (χ4v) is 3.17. The largest absolute Gasteiger partial charge is 0.394 e. The van der Waals surface area contributed by atoms with Crippen LogP contribution in [0.3, 0.4) is 0 Å². The first-order chi connectivity index (χ1) is 8.17. The molecule has 4 heteroatoms. The van der Waals surface area contributed by atoms with Gasteiger partial charge >= 0.3 is 0 Å². The lowest BCUT2D eigenvalue weighted by Gasteiger charge is -2.29. The van der Waals surface area contributed by atoms with Crippen LogP contribution in [0.15, 0.2) is 0 Å². The van der Waals surface area contributed by atoms with Gasteiger partial charge in [0.05, 0.1) is 18.8 Å². The molecule has 0 radical (unpaired) electrons. The van der Waals surface area contributed by atoms with Crippen LogP contribution in [0.4, 0.5) is 0 Å². The zero-order chi connectivity index (χ0) is 12.5. The Hall–Kier alpha value is -0.610. The molecule has 4 nitrogen and oxygen atoms in total. The average Bonchev–Trinajstić information content (AvgIpc) is 3.10. The zero-order valence-electron chi connectivity index (χ0n) is 10.5. The fourth-order valence-electron chi connectivity index (χ4n) is 3.17. The summed E-state index contributed by atoms with van der Waals surface area (Å²) in [5, 5.41) is 21.5. The smallest absolute Gasteiger partial charge is 0.224 e. The number of aliphatic hydroxyl groups is 2. The first kappa shape index (κ1) is 12.8. The van der Waals surface area contributed by atoms with Crippen LogP contribution in [0.2, 0.25) is 0 Å². The number of hydrogen-bond acceptors (Lipinski definition) is 3. The number of aliphatic hydroxyl groups excluding tert-OH is 2. The quantitative estimate of drug-likeness (QED) is 0.662. The molecule has 2 saturated carbocycles. The summed E-state index contributed by atoms with van der Waals surface area (Å²) in [6, 6.07) is 0. The maximum absolute atomic E-state index is 12.1. The second-order valence-electron chi connectivity index (χ2n) is 5.58. The molecule has 0 aromatic rings. The van der Waals surface area contributed by atoms with E-state index in [9.17, 15) is 15.0 Å². The van der Waals surface area contributed by atoms with E-state index in [1.165, 1.54) is 25.7 Å². The number of fused-ring (bicyclic) bond motifs is 1. The number of hydrogen-bond donors (Lipinski definition) is 3. The van der Waals surface area contributed by atoms with Gasteiger partial charge in [0.15, 0.2) is 0 Å². The Labute approximate surface area is 102 Å². The predicted octanol–water partition coefficient (Wildman–Crippen LogP) is 0.672. The highest BCUT2D eigenvalue weighted by atomic mass is 16.3. The Balaban J connectivity index is 1.93. The molecule has 2 aliphatic rings. The highest BCUT2D eigenvalue weighted by Crippen LogP contribution is 2.55. The molecule has 2 atom stereocenters. The lowest BCUT2D eigenvalue weighted by atomic mass is 9.98. The highest BCUT2D eigenvalue weighted by molar-refractivity contribution is 5.83. The van der Waals surface area contributed by atoms with Crippen molar-refractivity contribution >= 4 is 5.91 Å². The van der Waals surface area contributed by atoms with E-state index in [2.05, 4.69) is 5.32 Å². The third kappa shape index (κ3) is 2.33. The Morgan fingerprint density at radius 2 is 1.76 bits per heavy atom. The molecule has 0 heterocycles. The van der Waals surface area contributed by atoms with Gasteiger partial charge in [-0.25, -0.2) is 0 Å². The van der Waals surface area contributed by atoms with Crippen molar-refractivity contribution in [1.82, 2.24) is 5.32 Å². The lowest BCUT2D eigenvalue weighted by molar-refractivity contribution is -0.126. The number of amides is 1. The predicted molar refractivity (Wildman–Crippen MR) is 64.3 cm³/mol. The van der Waals surface area contributed by atoms with Gasteiger partial charge in [0, 0.05) is 5.92 Å². The number of rotatable bonds is 5. The summed E-state index contributed by atoms with van der Waals surface area (Å²) in [6.45, 7) is 1.47. The van der Waals surface area contributed by atoms with E-state index in [4.69, 9.17) is 0 Å². The molecule has 3 N–H and O–H groups in total. The molecule has 2 rings (SSSR count). The summed E-state index contributed by atoms with van der Waals surface area (Å²) in [5.41, 5.74) is -0.831. The molecule has 0 aromatic heterocycles. The van der Waals surface area contributed by atoms with E-state index >= 15 is 0 Å². The van der Waals surface area contributed by atoms with Crippen molar-refractivity contribution in [3.8, 4) is 0 Å². The molecule has 1 amide bonds. The first-order valence-corrected chi connectivity index (χ1v) is 6.71. The molecule has 0 aliphatic heterocycles. The normalized spacial score (nSPS) is 31.8. The van der Waals surface area contributed by atoms with Crippen molar-refractivity contribution in [2.24, 2.45) is 17.8 Å². The maximum Gasteiger partial charge on any atom is 0.224 e. The van der Waals surface area contributed by atoms with Gasteiger partial charge in [-0.2, -0.15) is 0 Å². The monoisotopic (exact) mass is 241 g/mol. The van der Waals surface area contributed by atoms with Crippen LogP contribution in [0, 0.1) is 17.8 Å². The van der Waals surface area contributed by atoms with E-state index in [1.54, 1.807) is 0 Å². The van der Waals surface area contributed by atoms with Crippen LogP contribution < -0.4 is 5.32 Å². The number of carbonyl (C=O) groups is 1. The summed E-state index contributed by atoms with van der Waals surface area (Å²) in [5.74, 6) is 1.31. The van der Waals surface area contributed by atoms with Crippen molar-refractivity contribution in [2.75, 3.05) is 13.2 Å². The second-order valence-corrected chi connectivity index (χ2v) is 5.58. The maximum atomic E-state index is 12.1. The van der Waals surface area contributed by atoms with Gasteiger partial charge in [-0.3, -0.25) is 4.79 Å². The third-order valence-corrected chi connectivity index (χ3v) is 4.63. The van der Waals surface area contributed by atoms with E-state index in [0.717, 1.165) is 0 Å². The SMILES string of the molecule is CCC(CO)(CO)NC(=O)C1C2CCCCC21. The minimum absolute atomic E-state index is 0.0341. The number of carbonyl (C=O) groups excluding carboxylic acids is 1.